The average Bonchev–Trinajstić information content (AvgIpc) is 3.23. The molecule has 8 nitrogen and oxygen atoms in total. The number of hydrogen-bond donors (Lipinski definition) is 2. The van der Waals surface area contributed by atoms with E-state index < -0.39 is 5.97 Å². The predicted octanol–water partition coefficient (Wildman–Crippen LogP) is 5.25. The normalized spacial score (nSPS) is 10.4. The number of halogens is 1. The van der Waals surface area contributed by atoms with Gasteiger partial charge >= 0.3 is 5.97 Å². The van der Waals surface area contributed by atoms with Crippen molar-refractivity contribution in [2.24, 2.45) is 0 Å². The molecule has 9 heteroatoms. The zero-order valence-electron chi connectivity index (χ0n) is 16.1. The van der Waals surface area contributed by atoms with Crippen LogP contribution in [0.2, 0.25) is 0 Å². The maximum absolute atomic E-state index is 11.7. The lowest BCUT2D eigenvalue weighted by Gasteiger charge is -2.14. The van der Waals surface area contributed by atoms with Crippen molar-refractivity contribution in [3.05, 3.63) is 64.9 Å². The molecule has 0 amide bonds. The Morgan fingerprint density at radius 1 is 1.10 bits per heavy atom. The quantitative estimate of drug-likeness (QED) is 0.385. The SMILES string of the molecule is C.COc1ccc(-c2cc3nccn3c(Nc3ccc(Br)cc3C(=O)O)n2)cc1OC. The van der Waals surface area contributed by atoms with E-state index in [1.54, 1.807) is 49.2 Å². The molecule has 2 aromatic carbocycles. The number of nitrogens with one attached hydrogen (secondary N) is 1. The number of benzene rings is 2. The monoisotopic (exact) mass is 484 g/mol. The van der Waals surface area contributed by atoms with Gasteiger partial charge < -0.3 is 19.9 Å². The Kier molecular flexibility index (Phi) is 6.45. The molecule has 0 atom stereocenters. The Bertz CT molecular complexity index is 1260. The predicted molar refractivity (Wildman–Crippen MR) is 123 cm³/mol. The van der Waals surface area contributed by atoms with E-state index in [2.05, 4.69) is 26.2 Å². The third-order valence-corrected chi connectivity index (χ3v) is 5.02. The van der Waals surface area contributed by atoms with Gasteiger partial charge in [-0.05, 0) is 36.4 Å². The lowest BCUT2D eigenvalue weighted by atomic mass is 10.1. The van der Waals surface area contributed by atoms with Crippen LogP contribution in [0.1, 0.15) is 17.8 Å². The highest BCUT2D eigenvalue weighted by molar-refractivity contribution is 9.10. The first-order chi connectivity index (χ1) is 14.5. The first kappa shape index (κ1) is 22.1. The third kappa shape index (κ3) is 4.31. The van der Waals surface area contributed by atoms with Crippen LogP contribution in [0.15, 0.2) is 59.3 Å². The van der Waals surface area contributed by atoms with Crippen molar-refractivity contribution in [1.82, 2.24) is 14.4 Å². The molecule has 4 rings (SSSR count). The maximum atomic E-state index is 11.7. The van der Waals surface area contributed by atoms with Crippen molar-refractivity contribution >= 4 is 39.2 Å². The Hall–Kier alpha value is -3.59. The van der Waals surface area contributed by atoms with Crippen molar-refractivity contribution < 1.29 is 19.4 Å². The summed E-state index contributed by atoms with van der Waals surface area (Å²) in [4.78, 5) is 20.7. The van der Waals surface area contributed by atoms with Crippen LogP contribution in [0.4, 0.5) is 11.6 Å². The van der Waals surface area contributed by atoms with E-state index in [-0.39, 0.29) is 13.0 Å². The summed E-state index contributed by atoms with van der Waals surface area (Å²) in [5.41, 5.74) is 2.64. The standard InChI is InChI=1S/C21H17BrN4O4.CH4/c1-29-17-6-3-12(9-18(17)30-2)16-11-19-23-7-8-26(19)21(25-16)24-15-5-4-13(22)10-14(15)20(27)28;/h3-11H,1-2H3,(H,24,25)(H,27,28);1H4. The second-order valence-corrected chi connectivity index (χ2v) is 7.23. The molecule has 0 aliphatic rings. The number of carboxylic acid groups (broad SMARTS) is 1. The molecule has 2 aromatic heterocycles. The number of carboxylic acids is 1. The number of rotatable bonds is 6. The van der Waals surface area contributed by atoms with Gasteiger partial charge in [0, 0.05) is 28.5 Å². The maximum Gasteiger partial charge on any atom is 0.337 e. The van der Waals surface area contributed by atoms with Crippen LogP contribution in [-0.4, -0.2) is 39.7 Å². The fourth-order valence-electron chi connectivity index (χ4n) is 3.08. The molecule has 31 heavy (non-hydrogen) atoms. The number of fused-ring (bicyclic) bond motifs is 1. The molecule has 0 radical (unpaired) electrons. The molecule has 0 spiro atoms. The lowest BCUT2D eigenvalue weighted by Crippen LogP contribution is -2.07. The molecule has 0 unspecified atom stereocenters. The molecule has 0 saturated heterocycles. The fourth-order valence-corrected chi connectivity index (χ4v) is 3.44. The van der Waals surface area contributed by atoms with Crippen LogP contribution in [0.5, 0.6) is 11.5 Å². The molecule has 0 fully saturated rings. The van der Waals surface area contributed by atoms with Crippen LogP contribution in [0, 0.1) is 0 Å². The van der Waals surface area contributed by atoms with Crippen molar-refractivity contribution in [1.29, 1.82) is 0 Å². The Balaban J connectivity index is 0.00000272. The second kappa shape index (κ2) is 9.05. The van der Waals surface area contributed by atoms with Gasteiger partial charge in [0.05, 0.1) is 31.2 Å². The molecule has 0 saturated carbocycles. The molecule has 2 heterocycles. The molecule has 4 aromatic rings. The highest BCUT2D eigenvalue weighted by Gasteiger charge is 2.15. The molecular formula is C22H21BrN4O4. The summed E-state index contributed by atoms with van der Waals surface area (Å²) in [5, 5.41) is 12.7. The number of ether oxygens (including phenoxy) is 2. The molecular weight excluding hydrogens is 464 g/mol. The van der Waals surface area contributed by atoms with E-state index in [0.29, 0.717) is 38.9 Å². The zero-order chi connectivity index (χ0) is 21.3. The summed E-state index contributed by atoms with van der Waals surface area (Å²) < 4.78 is 13.1. The van der Waals surface area contributed by atoms with Crippen LogP contribution < -0.4 is 14.8 Å². The van der Waals surface area contributed by atoms with Gasteiger partial charge in [0.1, 0.15) is 5.65 Å². The van der Waals surface area contributed by atoms with E-state index in [4.69, 9.17) is 14.5 Å². The highest BCUT2D eigenvalue weighted by Crippen LogP contribution is 2.33. The van der Waals surface area contributed by atoms with Crippen molar-refractivity contribution in [2.75, 3.05) is 19.5 Å². The van der Waals surface area contributed by atoms with Gasteiger partial charge in [-0.3, -0.25) is 4.40 Å². The van der Waals surface area contributed by atoms with Gasteiger partial charge in [-0.1, -0.05) is 23.4 Å². The van der Waals surface area contributed by atoms with Gasteiger partial charge in [-0.2, -0.15) is 0 Å². The minimum absolute atomic E-state index is 0. The summed E-state index contributed by atoms with van der Waals surface area (Å²) in [6.45, 7) is 0. The Morgan fingerprint density at radius 3 is 2.58 bits per heavy atom. The lowest BCUT2D eigenvalue weighted by molar-refractivity contribution is 0.0698. The van der Waals surface area contributed by atoms with Gasteiger partial charge in [-0.15, -0.1) is 0 Å². The van der Waals surface area contributed by atoms with E-state index >= 15 is 0 Å². The van der Waals surface area contributed by atoms with Crippen molar-refractivity contribution in [3.8, 4) is 22.8 Å². The number of imidazole rings is 1. The molecule has 0 bridgehead atoms. The number of anilines is 2. The van der Waals surface area contributed by atoms with Crippen molar-refractivity contribution in [3.63, 3.8) is 0 Å². The number of aromatic carboxylic acids is 1. The van der Waals surface area contributed by atoms with E-state index in [0.717, 1.165) is 5.56 Å². The minimum Gasteiger partial charge on any atom is -0.493 e. The number of carbonyl (C=O) groups is 1. The van der Waals surface area contributed by atoms with Gasteiger partial charge in [0.2, 0.25) is 5.95 Å². The Morgan fingerprint density at radius 2 is 1.87 bits per heavy atom. The topological polar surface area (TPSA) is 98.0 Å². The number of methoxy groups -OCH3 is 2. The van der Waals surface area contributed by atoms with E-state index in [1.165, 1.54) is 6.07 Å². The number of hydrogen-bond acceptors (Lipinski definition) is 6. The van der Waals surface area contributed by atoms with Crippen LogP contribution in [-0.2, 0) is 0 Å². The van der Waals surface area contributed by atoms with Gasteiger partial charge in [-0.25, -0.2) is 14.8 Å². The van der Waals surface area contributed by atoms with Gasteiger partial charge in [0.15, 0.2) is 11.5 Å². The minimum atomic E-state index is -1.04. The Labute approximate surface area is 187 Å². The van der Waals surface area contributed by atoms with E-state index in [9.17, 15) is 9.90 Å². The second-order valence-electron chi connectivity index (χ2n) is 6.31. The fraction of sp³-hybridized carbons (Fsp3) is 0.136. The van der Waals surface area contributed by atoms with Crippen LogP contribution >= 0.6 is 15.9 Å². The number of aromatic nitrogens is 3. The van der Waals surface area contributed by atoms with Crippen molar-refractivity contribution in [2.45, 2.75) is 7.43 Å². The smallest absolute Gasteiger partial charge is 0.337 e. The largest absolute Gasteiger partial charge is 0.493 e. The summed E-state index contributed by atoms with van der Waals surface area (Å²) in [6.07, 6.45) is 3.41. The number of nitrogens with zero attached hydrogens (tertiary/aromatic N) is 3. The summed E-state index contributed by atoms with van der Waals surface area (Å²) in [6, 6.07) is 12.3. The van der Waals surface area contributed by atoms with Crippen LogP contribution in [0.25, 0.3) is 16.9 Å². The molecule has 0 aliphatic heterocycles. The highest BCUT2D eigenvalue weighted by atomic mass is 79.9. The van der Waals surface area contributed by atoms with Gasteiger partial charge in [0.25, 0.3) is 0 Å². The third-order valence-electron chi connectivity index (χ3n) is 4.53. The zero-order valence-corrected chi connectivity index (χ0v) is 17.7. The molecule has 2 N–H and O–H groups in total. The summed E-state index contributed by atoms with van der Waals surface area (Å²) in [5.74, 6) is 0.578. The first-order valence-corrected chi connectivity index (χ1v) is 9.66. The van der Waals surface area contributed by atoms with Crippen LogP contribution in [0.3, 0.4) is 0 Å². The van der Waals surface area contributed by atoms with E-state index in [1.807, 2.05) is 18.2 Å². The average molecular weight is 485 g/mol. The summed E-state index contributed by atoms with van der Waals surface area (Å²) >= 11 is 3.31. The molecule has 160 valence electrons. The summed E-state index contributed by atoms with van der Waals surface area (Å²) in [7, 11) is 3.15. The molecule has 0 aliphatic carbocycles. The first-order valence-electron chi connectivity index (χ1n) is 8.86.